The number of nitrogens with zero attached hydrogens (tertiary/aromatic N) is 3. The lowest BCUT2D eigenvalue weighted by Gasteiger charge is -2.35. The smallest absolute Gasteiger partial charge is 0.261 e. The van der Waals surface area contributed by atoms with Gasteiger partial charge in [0.2, 0.25) is 5.91 Å². The molecule has 2 atom stereocenters. The van der Waals surface area contributed by atoms with Crippen LogP contribution in [0, 0.1) is 0 Å². The number of hydrogen-bond donors (Lipinski definition) is 1. The number of fused-ring (bicyclic) bond motifs is 3. The lowest BCUT2D eigenvalue weighted by Crippen LogP contribution is -2.49. The van der Waals surface area contributed by atoms with E-state index in [4.69, 9.17) is 0 Å². The third-order valence-electron chi connectivity index (χ3n) is 5.43. The average molecular weight is 326 g/mol. The summed E-state index contributed by atoms with van der Waals surface area (Å²) >= 11 is 0. The molecular weight excluding hydrogens is 304 g/mol. The van der Waals surface area contributed by atoms with Gasteiger partial charge in [-0.05, 0) is 37.8 Å². The van der Waals surface area contributed by atoms with E-state index in [0.717, 1.165) is 12.8 Å². The molecule has 126 valence electrons. The predicted octanol–water partition coefficient (Wildman–Crippen LogP) is 1.14. The van der Waals surface area contributed by atoms with Crippen molar-refractivity contribution < 1.29 is 4.79 Å². The van der Waals surface area contributed by atoms with Gasteiger partial charge in [0.25, 0.3) is 5.56 Å². The Bertz CT molecular complexity index is 819. The van der Waals surface area contributed by atoms with Crippen LogP contribution in [0.1, 0.15) is 25.7 Å². The van der Waals surface area contributed by atoms with Crippen LogP contribution in [0.15, 0.2) is 35.4 Å². The summed E-state index contributed by atoms with van der Waals surface area (Å²) < 4.78 is 1.41. The topological polar surface area (TPSA) is 67.2 Å². The molecule has 2 saturated heterocycles. The lowest BCUT2D eigenvalue weighted by molar-refractivity contribution is -0.133. The van der Waals surface area contributed by atoms with E-state index in [1.165, 1.54) is 23.7 Å². The Morgan fingerprint density at radius 2 is 2.00 bits per heavy atom. The maximum Gasteiger partial charge on any atom is 0.261 e. The molecule has 2 aliphatic rings. The van der Waals surface area contributed by atoms with Gasteiger partial charge in [0.05, 0.1) is 17.2 Å². The van der Waals surface area contributed by atoms with E-state index in [-0.39, 0.29) is 24.1 Å². The summed E-state index contributed by atoms with van der Waals surface area (Å²) in [5.41, 5.74) is 0.502. The number of piperidine rings is 1. The molecule has 2 aromatic rings. The number of likely N-dealkylation sites (N-methyl/N-ethyl adjacent to an activating group) is 1. The molecule has 6 heteroatoms. The highest BCUT2D eigenvalue weighted by atomic mass is 16.2. The van der Waals surface area contributed by atoms with Gasteiger partial charge < -0.3 is 10.2 Å². The average Bonchev–Trinajstić information content (AvgIpc) is 2.94. The maximum absolute atomic E-state index is 12.7. The quantitative estimate of drug-likeness (QED) is 0.918. The number of aromatic nitrogens is 2. The van der Waals surface area contributed by atoms with Crippen molar-refractivity contribution in [2.45, 2.75) is 50.4 Å². The first-order valence-corrected chi connectivity index (χ1v) is 8.57. The minimum Gasteiger partial charge on any atom is -0.341 e. The molecule has 24 heavy (non-hydrogen) atoms. The molecule has 0 aliphatic carbocycles. The molecule has 2 bridgehead atoms. The minimum absolute atomic E-state index is 0.0273. The number of amides is 1. The Balaban J connectivity index is 1.51. The van der Waals surface area contributed by atoms with Gasteiger partial charge >= 0.3 is 0 Å². The van der Waals surface area contributed by atoms with E-state index in [0.29, 0.717) is 23.0 Å². The van der Waals surface area contributed by atoms with Crippen molar-refractivity contribution in [2.24, 2.45) is 0 Å². The molecule has 1 aromatic carbocycles. The zero-order chi connectivity index (χ0) is 16.7. The normalized spacial score (nSPS) is 25.8. The second kappa shape index (κ2) is 6.02. The fourth-order valence-electron chi connectivity index (χ4n) is 4.02. The molecule has 1 amide bonds. The summed E-state index contributed by atoms with van der Waals surface area (Å²) in [6.07, 6.45) is 5.89. The Hall–Kier alpha value is -2.21. The van der Waals surface area contributed by atoms with Crippen LogP contribution in [0.25, 0.3) is 10.9 Å². The first kappa shape index (κ1) is 15.3. The summed E-state index contributed by atoms with van der Waals surface area (Å²) in [4.78, 5) is 31.3. The zero-order valence-corrected chi connectivity index (χ0v) is 13.8. The Labute approximate surface area is 140 Å². The number of benzene rings is 1. The van der Waals surface area contributed by atoms with Crippen molar-refractivity contribution in [3.05, 3.63) is 40.9 Å². The van der Waals surface area contributed by atoms with Crippen LogP contribution in [-0.2, 0) is 11.3 Å². The number of para-hydroxylation sites is 1. The Morgan fingerprint density at radius 3 is 2.75 bits per heavy atom. The first-order valence-electron chi connectivity index (χ1n) is 8.57. The van der Waals surface area contributed by atoms with Crippen LogP contribution in [0.2, 0.25) is 0 Å². The summed E-state index contributed by atoms with van der Waals surface area (Å²) in [7, 11) is 1.86. The fourth-order valence-corrected chi connectivity index (χ4v) is 4.02. The molecule has 3 heterocycles. The summed E-state index contributed by atoms with van der Waals surface area (Å²) in [6.45, 7) is 0.0480. The minimum atomic E-state index is -0.160. The van der Waals surface area contributed by atoms with Crippen LogP contribution < -0.4 is 10.9 Å². The third kappa shape index (κ3) is 2.71. The number of rotatable bonds is 3. The standard InChI is InChI=1S/C18H22N4O2/c1-21(14-8-12-6-7-13(9-14)20-12)17(23)10-22-11-19-16-5-3-2-4-15(16)18(22)24/h2-5,11-14,20H,6-10H2,1H3. The second-order valence-corrected chi connectivity index (χ2v) is 6.96. The summed E-state index contributed by atoms with van der Waals surface area (Å²) in [5.74, 6) is -0.0273. The molecule has 1 aromatic heterocycles. The van der Waals surface area contributed by atoms with Crippen LogP contribution in [0.5, 0.6) is 0 Å². The van der Waals surface area contributed by atoms with E-state index >= 15 is 0 Å². The van der Waals surface area contributed by atoms with E-state index in [2.05, 4.69) is 10.3 Å². The number of nitrogens with one attached hydrogen (secondary N) is 1. The first-order chi connectivity index (χ1) is 11.6. The van der Waals surface area contributed by atoms with Gasteiger partial charge in [0.1, 0.15) is 6.54 Å². The van der Waals surface area contributed by atoms with Crippen molar-refractivity contribution in [1.82, 2.24) is 19.8 Å². The molecule has 0 saturated carbocycles. The summed E-state index contributed by atoms with van der Waals surface area (Å²) in [6, 6.07) is 8.56. The van der Waals surface area contributed by atoms with Crippen LogP contribution in [0.4, 0.5) is 0 Å². The van der Waals surface area contributed by atoms with E-state index < -0.39 is 0 Å². The number of hydrogen-bond acceptors (Lipinski definition) is 4. The Kier molecular flexibility index (Phi) is 3.84. The molecule has 6 nitrogen and oxygen atoms in total. The largest absolute Gasteiger partial charge is 0.341 e. The molecule has 2 unspecified atom stereocenters. The highest BCUT2D eigenvalue weighted by Crippen LogP contribution is 2.29. The van der Waals surface area contributed by atoms with Crippen molar-refractivity contribution in [2.75, 3.05) is 7.05 Å². The predicted molar refractivity (Wildman–Crippen MR) is 91.7 cm³/mol. The van der Waals surface area contributed by atoms with Crippen molar-refractivity contribution >= 4 is 16.8 Å². The van der Waals surface area contributed by atoms with Gasteiger partial charge in [0, 0.05) is 25.2 Å². The van der Waals surface area contributed by atoms with Gasteiger partial charge in [-0.3, -0.25) is 14.2 Å². The second-order valence-electron chi connectivity index (χ2n) is 6.96. The molecule has 0 radical (unpaired) electrons. The highest BCUT2D eigenvalue weighted by molar-refractivity contribution is 5.79. The van der Waals surface area contributed by atoms with Gasteiger partial charge in [-0.1, -0.05) is 12.1 Å². The maximum atomic E-state index is 12.7. The van der Waals surface area contributed by atoms with Gasteiger partial charge in [-0.15, -0.1) is 0 Å². The molecule has 1 N–H and O–H groups in total. The third-order valence-corrected chi connectivity index (χ3v) is 5.43. The molecular formula is C18H22N4O2. The van der Waals surface area contributed by atoms with Crippen molar-refractivity contribution in [3.63, 3.8) is 0 Å². The highest BCUT2D eigenvalue weighted by Gasteiger charge is 2.36. The lowest BCUT2D eigenvalue weighted by atomic mass is 9.98. The van der Waals surface area contributed by atoms with Crippen molar-refractivity contribution in [3.8, 4) is 0 Å². The van der Waals surface area contributed by atoms with Crippen LogP contribution in [0.3, 0.4) is 0 Å². The fraction of sp³-hybridized carbons (Fsp3) is 0.500. The van der Waals surface area contributed by atoms with Crippen LogP contribution in [-0.4, -0.2) is 45.5 Å². The molecule has 2 fully saturated rings. The summed E-state index contributed by atoms with van der Waals surface area (Å²) in [5, 5.41) is 4.14. The van der Waals surface area contributed by atoms with Gasteiger partial charge in [-0.25, -0.2) is 4.98 Å². The van der Waals surface area contributed by atoms with E-state index in [9.17, 15) is 9.59 Å². The number of carbonyl (C=O) groups excluding carboxylic acids is 1. The zero-order valence-electron chi connectivity index (χ0n) is 13.8. The monoisotopic (exact) mass is 326 g/mol. The van der Waals surface area contributed by atoms with Gasteiger partial charge in [-0.2, -0.15) is 0 Å². The molecule has 4 rings (SSSR count). The Morgan fingerprint density at radius 1 is 1.29 bits per heavy atom. The molecule has 2 aliphatic heterocycles. The number of carbonyl (C=O) groups is 1. The molecule has 0 spiro atoms. The van der Waals surface area contributed by atoms with Gasteiger partial charge in [0.15, 0.2) is 0 Å². The van der Waals surface area contributed by atoms with Crippen LogP contribution >= 0.6 is 0 Å². The van der Waals surface area contributed by atoms with E-state index in [1.54, 1.807) is 12.1 Å². The van der Waals surface area contributed by atoms with E-state index in [1.807, 2.05) is 24.1 Å². The SMILES string of the molecule is CN(C(=O)Cn1cnc2ccccc2c1=O)C1CC2CCC(C1)N2. The van der Waals surface area contributed by atoms with Crippen molar-refractivity contribution in [1.29, 1.82) is 0 Å².